The van der Waals surface area contributed by atoms with Crippen molar-refractivity contribution in [1.82, 2.24) is 24.5 Å². The molecule has 1 saturated carbocycles. The lowest BCUT2D eigenvalue weighted by Gasteiger charge is -2.35. The topological polar surface area (TPSA) is 70.0 Å². The fourth-order valence-electron chi connectivity index (χ4n) is 4.02. The molecule has 0 bridgehead atoms. The number of piperazine rings is 1. The zero-order chi connectivity index (χ0) is 20.5. The molecule has 2 aromatic heterocycles. The molecule has 2 aliphatic rings. The van der Waals surface area contributed by atoms with E-state index in [9.17, 15) is 9.59 Å². The number of aromatic nitrogens is 2. The summed E-state index contributed by atoms with van der Waals surface area (Å²) in [5.41, 5.74) is 1.23. The number of imidazole rings is 1. The van der Waals surface area contributed by atoms with Crippen LogP contribution in [0, 0.1) is 5.92 Å². The van der Waals surface area contributed by atoms with Crippen molar-refractivity contribution in [2.45, 2.75) is 45.1 Å². The van der Waals surface area contributed by atoms with E-state index in [2.05, 4.69) is 36.1 Å². The van der Waals surface area contributed by atoms with Crippen molar-refractivity contribution in [1.29, 1.82) is 0 Å². The van der Waals surface area contributed by atoms with Gasteiger partial charge < -0.3 is 19.5 Å². The van der Waals surface area contributed by atoms with Crippen LogP contribution < -0.4 is 5.32 Å². The van der Waals surface area contributed by atoms with Crippen LogP contribution in [0.4, 0.5) is 0 Å². The molecule has 2 fully saturated rings. The Labute approximate surface area is 172 Å². The molecular weight excluding hydrogens is 366 g/mol. The summed E-state index contributed by atoms with van der Waals surface area (Å²) in [6, 6.07) is 5.29. The fourth-order valence-corrected chi connectivity index (χ4v) is 4.02. The van der Waals surface area contributed by atoms with Gasteiger partial charge in [0.2, 0.25) is 5.91 Å². The van der Waals surface area contributed by atoms with Gasteiger partial charge in [0.1, 0.15) is 11.9 Å². The molecule has 1 aliphatic carbocycles. The molecule has 1 N–H and O–H groups in total. The maximum atomic E-state index is 13.2. The molecule has 3 heterocycles. The molecule has 1 aliphatic heterocycles. The van der Waals surface area contributed by atoms with Crippen LogP contribution in [-0.2, 0) is 4.79 Å². The van der Waals surface area contributed by atoms with Crippen molar-refractivity contribution in [2.75, 3.05) is 33.2 Å². The first-order valence-electron chi connectivity index (χ1n) is 10.7. The first-order valence-corrected chi connectivity index (χ1v) is 10.7. The van der Waals surface area contributed by atoms with Gasteiger partial charge in [-0.05, 0) is 44.4 Å². The average molecular weight is 398 g/mol. The van der Waals surface area contributed by atoms with E-state index >= 15 is 0 Å². The Balaban J connectivity index is 1.55. The highest BCUT2D eigenvalue weighted by Gasteiger charge is 2.33. The first-order chi connectivity index (χ1) is 13.9. The van der Waals surface area contributed by atoms with Gasteiger partial charge in [0, 0.05) is 38.3 Å². The van der Waals surface area contributed by atoms with E-state index in [0.29, 0.717) is 37.0 Å². The predicted molar refractivity (Wildman–Crippen MR) is 112 cm³/mol. The van der Waals surface area contributed by atoms with Crippen LogP contribution in [0.1, 0.15) is 55.3 Å². The summed E-state index contributed by atoms with van der Waals surface area (Å²) < 4.78 is 2.02. The number of carbonyl (C=O) groups excluding carboxylic acids is 2. The highest BCUT2D eigenvalue weighted by atomic mass is 16.2. The van der Waals surface area contributed by atoms with Crippen LogP contribution in [0.3, 0.4) is 0 Å². The maximum absolute atomic E-state index is 13.2. The SMILES string of the molecule is CC(C)CC(NC(=O)c1nc(C2CC2)n2ccccc12)C(=O)N1CCN(C)CC1. The molecule has 7 nitrogen and oxygen atoms in total. The van der Waals surface area contributed by atoms with Gasteiger partial charge >= 0.3 is 0 Å². The zero-order valence-corrected chi connectivity index (χ0v) is 17.6. The second kappa shape index (κ2) is 8.14. The molecule has 1 unspecified atom stereocenters. The minimum Gasteiger partial charge on any atom is -0.339 e. The third-order valence-corrected chi connectivity index (χ3v) is 5.86. The molecule has 156 valence electrons. The smallest absolute Gasteiger partial charge is 0.272 e. The third kappa shape index (κ3) is 4.29. The average Bonchev–Trinajstić information content (AvgIpc) is 3.47. The normalized spacial score (nSPS) is 19.0. The van der Waals surface area contributed by atoms with Gasteiger partial charge in [0.15, 0.2) is 5.69 Å². The Morgan fingerprint density at radius 1 is 1.17 bits per heavy atom. The quantitative estimate of drug-likeness (QED) is 0.811. The van der Waals surface area contributed by atoms with Gasteiger partial charge in [0.05, 0.1) is 5.52 Å². The number of amides is 2. The van der Waals surface area contributed by atoms with Gasteiger partial charge in [-0.1, -0.05) is 19.9 Å². The monoisotopic (exact) mass is 397 g/mol. The first kappa shape index (κ1) is 19.9. The summed E-state index contributed by atoms with van der Waals surface area (Å²) in [5.74, 6) is 1.46. The molecule has 0 spiro atoms. The number of nitrogens with one attached hydrogen (secondary N) is 1. The molecular formula is C22H31N5O2. The zero-order valence-electron chi connectivity index (χ0n) is 17.6. The summed E-state index contributed by atoms with van der Waals surface area (Å²) in [5, 5.41) is 3.02. The van der Waals surface area contributed by atoms with Crippen molar-refractivity contribution in [2.24, 2.45) is 5.92 Å². The summed E-state index contributed by atoms with van der Waals surface area (Å²) in [4.78, 5) is 35.1. The van der Waals surface area contributed by atoms with Crippen molar-refractivity contribution in [3.8, 4) is 0 Å². The Kier molecular flexibility index (Phi) is 5.58. The predicted octanol–water partition coefficient (Wildman–Crippen LogP) is 2.13. The highest BCUT2D eigenvalue weighted by molar-refractivity contribution is 6.01. The van der Waals surface area contributed by atoms with Crippen molar-refractivity contribution < 1.29 is 9.59 Å². The van der Waals surface area contributed by atoms with E-state index in [1.807, 2.05) is 33.7 Å². The molecule has 29 heavy (non-hydrogen) atoms. The largest absolute Gasteiger partial charge is 0.339 e. The Bertz CT molecular complexity index is 894. The molecule has 2 aromatic rings. The van der Waals surface area contributed by atoms with Crippen LogP contribution in [-0.4, -0.2) is 70.3 Å². The Morgan fingerprint density at radius 3 is 2.55 bits per heavy atom. The minimum absolute atomic E-state index is 0.0195. The summed E-state index contributed by atoms with van der Waals surface area (Å²) in [6.07, 6.45) is 4.83. The lowest BCUT2D eigenvalue weighted by atomic mass is 10.0. The van der Waals surface area contributed by atoms with E-state index in [1.54, 1.807) is 0 Å². The van der Waals surface area contributed by atoms with E-state index in [0.717, 1.165) is 37.3 Å². The molecule has 0 radical (unpaired) electrons. The van der Waals surface area contributed by atoms with Crippen LogP contribution >= 0.6 is 0 Å². The fraction of sp³-hybridized carbons (Fsp3) is 0.591. The molecule has 7 heteroatoms. The third-order valence-electron chi connectivity index (χ3n) is 5.86. The molecule has 4 rings (SSSR count). The van der Waals surface area contributed by atoms with Crippen LogP contribution in [0.5, 0.6) is 0 Å². The minimum atomic E-state index is -0.518. The van der Waals surface area contributed by atoms with Gasteiger partial charge in [-0.25, -0.2) is 4.98 Å². The lowest BCUT2D eigenvalue weighted by molar-refractivity contribution is -0.135. The second-order valence-corrected chi connectivity index (χ2v) is 8.83. The van der Waals surface area contributed by atoms with E-state index < -0.39 is 6.04 Å². The van der Waals surface area contributed by atoms with Crippen molar-refractivity contribution >= 4 is 17.3 Å². The number of fused-ring (bicyclic) bond motifs is 1. The molecule has 1 saturated heterocycles. The number of hydrogen-bond donors (Lipinski definition) is 1. The van der Waals surface area contributed by atoms with Gasteiger partial charge in [0.25, 0.3) is 5.91 Å². The number of hydrogen-bond acceptors (Lipinski definition) is 4. The number of pyridine rings is 1. The maximum Gasteiger partial charge on any atom is 0.272 e. The number of rotatable bonds is 6. The van der Waals surface area contributed by atoms with Crippen molar-refractivity contribution in [3.05, 3.63) is 35.9 Å². The van der Waals surface area contributed by atoms with Crippen LogP contribution in [0.25, 0.3) is 5.52 Å². The van der Waals surface area contributed by atoms with Gasteiger partial charge in [-0.15, -0.1) is 0 Å². The number of nitrogens with zero attached hydrogens (tertiary/aromatic N) is 4. The van der Waals surface area contributed by atoms with Crippen LogP contribution in [0.15, 0.2) is 24.4 Å². The molecule has 0 aromatic carbocycles. The van der Waals surface area contributed by atoms with Gasteiger partial charge in [-0.3, -0.25) is 9.59 Å². The van der Waals surface area contributed by atoms with E-state index in [4.69, 9.17) is 0 Å². The highest BCUT2D eigenvalue weighted by Crippen LogP contribution is 2.40. The lowest BCUT2D eigenvalue weighted by Crippen LogP contribution is -2.54. The van der Waals surface area contributed by atoms with E-state index in [-0.39, 0.29) is 11.8 Å². The van der Waals surface area contributed by atoms with E-state index in [1.165, 1.54) is 0 Å². The Morgan fingerprint density at radius 2 is 1.90 bits per heavy atom. The standard InChI is InChI=1S/C22H31N5O2/c1-15(2)14-17(22(29)26-12-10-25(3)11-13-26)23-21(28)19-18-6-4-5-9-27(18)20(24-19)16-7-8-16/h4-6,9,15-17H,7-8,10-14H2,1-3H3,(H,23,28). The number of likely N-dealkylation sites (N-methyl/N-ethyl adjacent to an activating group) is 1. The van der Waals surface area contributed by atoms with Gasteiger partial charge in [-0.2, -0.15) is 0 Å². The molecule has 1 atom stereocenters. The second-order valence-electron chi connectivity index (χ2n) is 8.83. The van der Waals surface area contributed by atoms with Crippen LogP contribution in [0.2, 0.25) is 0 Å². The summed E-state index contributed by atoms with van der Waals surface area (Å²) in [7, 11) is 2.07. The van der Waals surface area contributed by atoms with Crippen molar-refractivity contribution in [3.63, 3.8) is 0 Å². The Hall–Kier alpha value is -2.41. The number of carbonyl (C=O) groups is 2. The summed E-state index contributed by atoms with van der Waals surface area (Å²) in [6.45, 7) is 7.30. The molecule has 2 amide bonds. The summed E-state index contributed by atoms with van der Waals surface area (Å²) >= 11 is 0.